The molecule has 5 heteroatoms. The summed E-state index contributed by atoms with van der Waals surface area (Å²) in [6, 6.07) is 15.9. The molecule has 0 radical (unpaired) electrons. The molecule has 2 unspecified atom stereocenters. The molecule has 2 atom stereocenters. The Morgan fingerprint density at radius 3 is 2.54 bits per heavy atom. The molecular weight excluding hydrogens is 328 g/mol. The van der Waals surface area contributed by atoms with Gasteiger partial charge in [0.15, 0.2) is 6.61 Å². The minimum absolute atomic E-state index is 0.0111. The highest BCUT2D eigenvalue weighted by Crippen LogP contribution is 2.23. The third-order valence-corrected chi connectivity index (χ3v) is 4.48. The maximum absolute atomic E-state index is 12.1. The fourth-order valence-corrected chi connectivity index (χ4v) is 2.98. The van der Waals surface area contributed by atoms with Crippen LogP contribution in [0, 0.1) is 6.92 Å². The van der Waals surface area contributed by atoms with Gasteiger partial charge in [0.2, 0.25) is 0 Å². The molecular formula is C21H26N2O3. The van der Waals surface area contributed by atoms with E-state index in [1.807, 2.05) is 55.5 Å². The Morgan fingerprint density at radius 2 is 1.85 bits per heavy atom. The number of nitrogens with one attached hydrogen (secondary N) is 1. The zero-order chi connectivity index (χ0) is 18.5. The fourth-order valence-electron chi connectivity index (χ4n) is 2.98. The lowest BCUT2D eigenvalue weighted by Crippen LogP contribution is -2.47. The molecule has 0 aromatic heterocycles. The lowest BCUT2D eigenvalue weighted by molar-refractivity contribution is -0.118. The highest BCUT2D eigenvalue weighted by Gasteiger charge is 2.23. The molecule has 1 N–H and O–H groups in total. The standard InChI is InChI=1S/C21H26N2O3/c1-15-4-10-20(11-5-15)26-14-21(24)22-18-6-8-19(9-7-18)23-12-17(3)25-13-16(23)2/h4-11,16-17H,12-14H2,1-3H3,(H,22,24). The van der Waals surface area contributed by atoms with Crippen LogP contribution in [0.4, 0.5) is 11.4 Å². The normalized spacial score (nSPS) is 19.9. The van der Waals surface area contributed by atoms with Crippen LogP contribution in [0.2, 0.25) is 0 Å². The molecule has 138 valence electrons. The first-order chi connectivity index (χ1) is 12.5. The van der Waals surface area contributed by atoms with Crippen LogP contribution < -0.4 is 15.0 Å². The maximum atomic E-state index is 12.1. The minimum atomic E-state index is -0.174. The van der Waals surface area contributed by atoms with Crippen LogP contribution in [0.5, 0.6) is 5.75 Å². The SMILES string of the molecule is Cc1ccc(OCC(=O)Nc2ccc(N3CC(C)OCC3C)cc2)cc1. The molecule has 3 rings (SSSR count). The van der Waals surface area contributed by atoms with Crippen molar-refractivity contribution in [2.75, 3.05) is 30.0 Å². The summed E-state index contributed by atoms with van der Waals surface area (Å²) < 4.78 is 11.2. The van der Waals surface area contributed by atoms with Gasteiger partial charge in [-0.2, -0.15) is 0 Å². The highest BCUT2D eigenvalue weighted by atomic mass is 16.5. The quantitative estimate of drug-likeness (QED) is 0.891. The van der Waals surface area contributed by atoms with Gasteiger partial charge in [-0.25, -0.2) is 0 Å². The molecule has 0 bridgehead atoms. The highest BCUT2D eigenvalue weighted by molar-refractivity contribution is 5.92. The van der Waals surface area contributed by atoms with E-state index in [0.717, 1.165) is 30.1 Å². The van der Waals surface area contributed by atoms with Gasteiger partial charge in [0.05, 0.1) is 12.7 Å². The average molecular weight is 354 g/mol. The Hall–Kier alpha value is -2.53. The van der Waals surface area contributed by atoms with Gasteiger partial charge in [-0.3, -0.25) is 4.79 Å². The summed E-state index contributed by atoms with van der Waals surface area (Å²) in [5, 5.41) is 2.87. The molecule has 1 saturated heterocycles. The van der Waals surface area contributed by atoms with E-state index < -0.39 is 0 Å². The van der Waals surface area contributed by atoms with E-state index >= 15 is 0 Å². The predicted molar refractivity (Wildman–Crippen MR) is 104 cm³/mol. The third-order valence-electron chi connectivity index (χ3n) is 4.48. The molecule has 1 fully saturated rings. The van der Waals surface area contributed by atoms with Gasteiger partial charge in [-0.1, -0.05) is 17.7 Å². The van der Waals surface area contributed by atoms with Crippen molar-refractivity contribution < 1.29 is 14.3 Å². The Morgan fingerprint density at radius 1 is 1.15 bits per heavy atom. The second-order valence-corrected chi connectivity index (χ2v) is 6.84. The van der Waals surface area contributed by atoms with Crippen molar-refractivity contribution in [1.29, 1.82) is 0 Å². The molecule has 2 aromatic rings. The number of carbonyl (C=O) groups excluding carboxylic acids is 1. The Balaban J connectivity index is 1.53. The van der Waals surface area contributed by atoms with Crippen molar-refractivity contribution in [2.24, 2.45) is 0 Å². The van der Waals surface area contributed by atoms with Crippen LogP contribution in [0.25, 0.3) is 0 Å². The van der Waals surface area contributed by atoms with Crippen LogP contribution in [0.15, 0.2) is 48.5 Å². The van der Waals surface area contributed by atoms with Crippen molar-refractivity contribution in [3.8, 4) is 5.75 Å². The number of ether oxygens (including phenoxy) is 2. The van der Waals surface area contributed by atoms with Gasteiger partial charge in [-0.15, -0.1) is 0 Å². The molecule has 0 spiro atoms. The number of aryl methyl sites for hydroxylation is 1. The second-order valence-electron chi connectivity index (χ2n) is 6.84. The number of amides is 1. The lowest BCUT2D eigenvalue weighted by Gasteiger charge is -2.38. The fraction of sp³-hybridized carbons (Fsp3) is 0.381. The number of morpholine rings is 1. The largest absolute Gasteiger partial charge is 0.484 e. The summed E-state index contributed by atoms with van der Waals surface area (Å²) in [5.74, 6) is 0.517. The monoisotopic (exact) mass is 354 g/mol. The molecule has 26 heavy (non-hydrogen) atoms. The van der Waals surface area contributed by atoms with Crippen molar-refractivity contribution >= 4 is 17.3 Å². The molecule has 2 aromatic carbocycles. The molecule has 5 nitrogen and oxygen atoms in total. The van der Waals surface area contributed by atoms with Crippen molar-refractivity contribution in [1.82, 2.24) is 0 Å². The summed E-state index contributed by atoms with van der Waals surface area (Å²) in [7, 11) is 0. The Labute approximate surface area is 154 Å². The van der Waals surface area contributed by atoms with E-state index in [0.29, 0.717) is 11.8 Å². The summed E-state index contributed by atoms with van der Waals surface area (Å²) in [5.41, 5.74) is 3.06. The summed E-state index contributed by atoms with van der Waals surface area (Å²) >= 11 is 0. The third kappa shape index (κ3) is 4.76. The predicted octanol–water partition coefficient (Wildman–Crippen LogP) is 3.63. The number of anilines is 2. The van der Waals surface area contributed by atoms with E-state index in [9.17, 15) is 4.79 Å². The van der Waals surface area contributed by atoms with E-state index in [1.165, 1.54) is 0 Å². The van der Waals surface area contributed by atoms with Gasteiger partial charge < -0.3 is 19.7 Å². The van der Waals surface area contributed by atoms with Crippen LogP contribution >= 0.6 is 0 Å². The number of hydrogen-bond donors (Lipinski definition) is 1. The first kappa shape index (κ1) is 18.3. The summed E-state index contributed by atoms with van der Waals surface area (Å²) in [4.78, 5) is 14.4. The first-order valence-electron chi connectivity index (χ1n) is 8.99. The zero-order valence-corrected chi connectivity index (χ0v) is 15.6. The molecule has 1 aliphatic rings. The topological polar surface area (TPSA) is 50.8 Å². The van der Waals surface area contributed by atoms with Crippen LogP contribution in [-0.2, 0) is 9.53 Å². The van der Waals surface area contributed by atoms with E-state index in [4.69, 9.17) is 9.47 Å². The Bertz CT molecular complexity index is 728. The second kappa shape index (κ2) is 8.23. The number of hydrogen-bond acceptors (Lipinski definition) is 4. The summed E-state index contributed by atoms with van der Waals surface area (Å²) in [6.45, 7) is 7.85. The van der Waals surface area contributed by atoms with Crippen LogP contribution in [0.1, 0.15) is 19.4 Å². The first-order valence-corrected chi connectivity index (χ1v) is 8.99. The van der Waals surface area contributed by atoms with Crippen molar-refractivity contribution in [2.45, 2.75) is 32.9 Å². The Kier molecular flexibility index (Phi) is 5.78. The average Bonchev–Trinajstić information content (AvgIpc) is 2.64. The zero-order valence-electron chi connectivity index (χ0n) is 15.6. The van der Waals surface area contributed by atoms with Gasteiger partial charge in [0, 0.05) is 24.0 Å². The van der Waals surface area contributed by atoms with Crippen molar-refractivity contribution in [3.63, 3.8) is 0 Å². The van der Waals surface area contributed by atoms with Gasteiger partial charge >= 0.3 is 0 Å². The van der Waals surface area contributed by atoms with Gasteiger partial charge in [0.1, 0.15) is 5.75 Å². The van der Waals surface area contributed by atoms with Crippen LogP contribution in [-0.4, -0.2) is 37.8 Å². The van der Waals surface area contributed by atoms with E-state index in [2.05, 4.69) is 24.1 Å². The lowest BCUT2D eigenvalue weighted by atomic mass is 10.1. The van der Waals surface area contributed by atoms with Gasteiger partial charge in [-0.05, 0) is 57.2 Å². The maximum Gasteiger partial charge on any atom is 0.262 e. The van der Waals surface area contributed by atoms with Crippen molar-refractivity contribution in [3.05, 3.63) is 54.1 Å². The van der Waals surface area contributed by atoms with Gasteiger partial charge in [0.25, 0.3) is 5.91 Å². The van der Waals surface area contributed by atoms with E-state index in [-0.39, 0.29) is 18.6 Å². The molecule has 1 aliphatic heterocycles. The smallest absolute Gasteiger partial charge is 0.262 e. The number of nitrogens with zero attached hydrogens (tertiary/aromatic N) is 1. The van der Waals surface area contributed by atoms with E-state index in [1.54, 1.807) is 0 Å². The minimum Gasteiger partial charge on any atom is -0.484 e. The number of rotatable bonds is 5. The molecule has 0 saturated carbocycles. The molecule has 1 amide bonds. The number of carbonyl (C=O) groups is 1. The molecule has 1 heterocycles. The molecule has 0 aliphatic carbocycles. The van der Waals surface area contributed by atoms with Crippen LogP contribution in [0.3, 0.4) is 0 Å². The number of benzene rings is 2. The summed E-state index contributed by atoms with van der Waals surface area (Å²) in [6.07, 6.45) is 0.226.